The van der Waals surface area contributed by atoms with Crippen molar-refractivity contribution >= 4 is 17.7 Å². The predicted octanol–water partition coefficient (Wildman–Crippen LogP) is 3.20. The summed E-state index contributed by atoms with van der Waals surface area (Å²) in [6.07, 6.45) is 0. The van der Waals surface area contributed by atoms with Gasteiger partial charge >= 0.3 is 5.97 Å². The van der Waals surface area contributed by atoms with Crippen molar-refractivity contribution in [1.82, 2.24) is 0 Å². The van der Waals surface area contributed by atoms with Crippen molar-refractivity contribution in [3.05, 3.63) is 71.3 Å². The first-order chi connectivity index (χ1) is 10.8. The lowest BCUT2D eigenvalue weighted by molar-refractivity contribution is -0.138. The summed E-state index contributed by atoms with van der Waals surface area (Å²) in [4.78, 5) is 32.2. The molecule has 0 fully saturated rings. The SMILES string of the molecule is CC(=O)O.CC(C(=O)O)c1cccc(C(=O)c2ccccc2)c1. The van der Waals surface area contributed by atoms with Crippen LogP contribution >= 0.6 is 0 Å². The monoisotopic (exact) mass is 314 g/mol. The zero-order valence-electron chi connectivity index (χ0n) is 12.9. The van der Waals surface area contributed by atoms with Crippen LogP contribution in [0.3, 0.4) is 0 Å². The Morgan fingerprint density at radius 2 is 1.39 bits per heavy atom. The lowest BCUT2D eigenvalue weighted by atomic mass is 9.96. The summed E-state index contributed by atoms with van der Waals surface area (Å²) < 4.78 is 0. The molecule has 23 heavy (non-hydrogen) atoms. The zero-order chi connectivity index (χ0) is 17.4. The minimum atomic E-state index is -0.899. The molecule has 0 spiro atoms. The first kappa shape index (κ1) is 18.1. The lowest BCUT2D eigenvalue weighted by Crippen LogP contribution is -2.09. The zero-order valence-corrected chi connectivity index (χ0v) is 12.9. The van der Waals surface area contributed by atoms with Gasteiger partial charge in [-0.2, -0.15) is 0 Å². The number of rotatable bonds is 4. The Labute approximate surface area is 134 Å². The Kier molecular flexibility index (Phi) is 6.68. The summed E-state index contributed by atoms with van der Waals surface area (Å²) in [7, 11) is 0. The molecule has 0 bridgehead atoms. The van der Waals surface area contributed by atoms with Gasteiger partial charge in [0.25, 0.3) is 5.97 Å². The molecular formula is C18H18O5. The van der Waals surface area contributed by atoms with E-state index in [9.17, 15) is 9.59 Å². The summed E-state index contributed by atoms with van der Waals surface area (Å²) in [5, 5.41) is 16.4. The van der Waals surface area contributed by atoms with Gasteiger partial charge in [-0.15, -0.1) is 0 Å². The van der Waals surface area contributed by atoms with Gasteiger partial charge in [-0.1, -0.05) is 48.5 Å². The van der Waals surface area contributed by atoms with Crippen LogP contribution in [0.2, 0.25) is 0 Å². The van der Waals surface area contributed by atoms with Crippen molar-refractivity contribution < 1.29 is 24.6 Å². The van der Waals surface area contributed by atoms with Crippen LogP contribution in [-0.4, -0.2) is 27.9 Å². The normalized spacial score (nSPS) is 10.9. The summed E-state index contributed by atoms with van der Waals surface area (Å²) in [6, 6.07) is 15.7. The van der Waals surface area contributed by atoms with Crippen LogP contribution in [0, 0.1) is 0 Å². The highest BCUT2D eigenvalue weighted by molar-refractivity contribution is 6.09. The molecule has 120 valence electrons. The molecule has 2 rings (SSSR count). The van der Waals surface area contributed by atoms with E-state index in [1.54, 1.807) is 55.5 Å². The number of carbonyl (C=O) groups is 3. The molecule has 0 radical (unpaired) electrons. The number of carboxylic acids is 2. The highest BCUT2D eigenvalue weighted by Crippen LogP contribution is 2.18. The van der Waals surface area contributed by atoms with E-state index in [-0.39, 0.29) is 5.78 Å². The molecule has 2 N–H and O–H groups in total. The Hall–Kier alpha value is -2.95. The fraction of sp³-hybridized carbons (Fsp3) is 0.167. The molecule has 0 aliphatic carbocycles. The number of hydrogen-bond acceptors (Lipinski definition) is 3. The fourth-order valence-corrected chi connectivity index (χ4v) is 1.85. The standard InChI is InChI=1S/C16H14O3.C2H4O2/c1-11(16(18)19)13-8-5-9-14(10-13)15(17)12-6-3-2-4-7-12;1-2(3)4/h2-11H,1H3,(H,18,19);1H3,(H,3,4). The van der Waals surface area contributed by atoms with Crippen molar-refractivity contribution in [2.24, 2.45) is 0 Å². The third-order valence-electron chi connectivity index (χ3n) is 3.06. The Morgan fingerprint density at radius 1 is 0.870 bits per heavy atom. The van der Waals surface area contributed by atoms with E-state index in [4.69, 9.17) is 15.0 Å². The maximum absolute atomic E-state index is 12.2. The van der Waals surface area contributed by atoms with E-state index in [1.165, 1.54) is 0 Å². The van der Waals surface area contributed by atoms with Crippen molar-refractivity contribution in [2.75, 3.05) is 0 Å². The van der Waals surface area contributed by atoms with E-state index in [1.807, 2.05) is 6.07 Å². The molecule has 0 aromatic heterocycles. The van der Waals surface area contributed by atoms with Gasteiger partial charge in [-0.3, -0.25) is 14.4 Å². The Morgan fingerprint density at radius 3 is 1.91 bits per heavy atom. The third kappa shape index (κ3) is 5.74. The van der Waals surface area contributed by atoms with Gasteiger partial charge in [-0.05, 0) is 18.6 Å². The molecule has 5 heteroatoms. The summed E-state index contributed by atoms with van der Waals surface area (Å²) in [5.41, 5.74) is 1.74. The molecule has 1 atom stereocenters. The topological polar surface area (TPSA) is 91.7 Å². The summed E-state index contributed by atoms with van der Waals surface area (Å²) in [5.74, 6) is -2.45. The molecular weight excluding hydrogens is 296 g/mol. The fourth-order valence-electron chi connectivity index (χ4n) is 1.85. The summed E-state index contributed by atoms with van der Waals surface area (Å²) in [6.45, 7) is 2.69. The lowest BCUT2D eigenvalue weighted by Gasteiger charge is -2.08. The average Bonchev–Trinajstić information content (AvgIpc) is 2.53. The number of hydrogen-bond donors (Lipinski definition) is 2. The van der Waals surface area contributed by atoms with Gasteiger partial charge in [0.1, 0.15) is 0 Å². The van der Waals surface area contributed by atoms with Crippen LogP contribution in [0.25, 0.3) is 0 Å². The highest BCUT2D eigenvalue weighted by Gasteiger charge is 2.16. The molecule has 0 saturated heterocycles. The van der Waals surface area contributed by atoms with Gasteiger partial charge < -0.3 is 10.2 Å². The first-order valence-corrected chi connectivity index (χ1v) is 6.95. The minimum Gasteiger partial charge on any atom is -0.481 e. The van der Waals surface area contributed by atoms with Crippen LogP contribution in [-0.2, 0) is 9.59 Å². The number of carbonyl (C=O) groups excluding carboxylic acids is 1. The Balaban J connectivity index is 0.000000593. The van der Waals surface area contributed by atoms with Gasteiger partial charge in [0.05, 0.1) is 5.92 Å². The quantitative estimate of drug-likeness (QED) is 0.846. The van der Waals surface area contributed by atoms with Crippen molar-refractivity contribution in [2.45, 2.75) is 19.8 Å². The van der Waals surface area contributed by atoms with Gasteiger partial charge in [0.2, 0.25) is 0 Å². The maximum Gasteiger partial charge on any atom is 0.310 e. The van der Waals surface area contributed by atoms with Crippen LogP contribution in [0.1, 0.15) is 41.3 Å². The Bertz CT molecular complexity index is 688. The second-order valence-electron chi connectivity index (χ2n) is 4.90. The minimum absolute atomic E-state index is 0.0972. The average molecular weight is 314 g/mol. The van der Waals surface area contributed by atoms with E-state index in [2.05, 4.69) is 0 Å². The molecule has 0 amide bonds. The number of benzene rings is 2. The van der Waals surface area contributed by atoms with E-state index in [0.717, 1.165) is 6.92 Å². The number of carboxylic acid groups (broad SMARTS) is 2. The van der Waals surface area contributed by atoms with Crippen molar-refractivity contribution in [1.29, 1.82) is 0 Å². The molecule has 5 nitrogen and oxygen atoms in total. The summed E-state index contributed by atoms with van der Waals surface area (Å²) >= 11 is 0. The molecule has 0 heterocycles. The van der Waals surface area contributed by atoms with Crippen LogP contribution in [0.5, 0.6) is 0 Å². The van der Waals surface area contributed by atoms with Crippen molar-refractivity contribution in [3.8, 4) is 0 Å². The number of ketones is 1. The van der Waals surface area contributed by atoms with Crippen LogP contribution in [0.4, 0.5) is 0 Å². The van der Waals surface area contributed by atoms with Gasteiger partial charge in [-0.25, -0.2) is 0 Å². The highest BCUT2D eigenvalue weighted by atomic mass is 16.4. The first-order valence-electron chi connectivity index (χ1n) is 6.95. The van der Waals surface area contributed by atoms with Crippen molar-refractivity contribution in [3.63, 3.8) is 0 Å². The molecule has 2 aromatic rings. The van der Waals surface area contributed by atoms with E-state index >= 15 is 0 Å². The van der Waals surface area contributed by atoms with Gasteiger partial charge in [0, 0.05) is 18.1 Å². The maximum atomic E-state index is 12.2. The van der Waals surface area contributed by atoms with Crippen LogP contribution in [0.15, 0.2) is 54.6 Å². The molecule has 1 unspecified atom stereocenters. The number of aliphatic carboxylic acids is 2. The van der Waals surface area contributed by atoms with Gasteiger partial charge in [0.15, 0.2) is 5.78 Å². The predicted molar refractivity (Wildman–Crippen MR) is 85.7 cm³/mol. The molecule has 2 aromatic carbocycles. The largest absolute Gasteiger partial charge is 0.481 e. The molecule has 0 aliphatic heterocycles. The van der Waals surface area contributed by atoms with E-state index in [0.29, 0.717) is 16.7 Å². The molecule has 0 saturated carbocycles. The van der Waals surface area contributed by atoms with Crippen LogP contribution < -0.4 is 0 Å². The third-order valence-corrected chi connectivity index (χ3v) is 3.06. The van der Waals surface area contributed by atoms with E-state index < -0.39 is 17.9 Å². The smallest absolute Gasteiger partial charge is 0.310 e. The molecule has 0 aliphatic rings. The second-order valence-corrected chi connectivity index (χ2v) is 4.90. The second kappa shape index (κ2) is 8.48.